The second-order valence-corrected chi connectivity index (χ2v) is 6.04. The van der Waals surface area contributed by atoms with Crippen molar-refractivity contribution in [1.82, 2.24) is 15.5 Å². The molecule has 0 bridgehead atoms. The van der Waals surface area contributed by atoms with Crippen LogP contribution < -0.4 is 16.0 Å². The number of carbonyl (C=O) groups is 1. The Labute approximate surface area is 173 Å². The minimum Gasteiger partial charge on any atom is -0.453 e. The van der Waals surface area contributed by atoms with Gasteiger partial charge in [0.05, 0.1) is 7.11 Å². The van der Waals surface area contributed by atoms with E-state index in [0.717, 1.165) is 24.6 Å². The lowest BCUT2D eigenvalue weighted by molar-refractivity contribution is 0.187. The van der Waals surface area contributed by atoms with Crippen molar-refractivity contribution < 1.29 is 9.53 Å². The number of nitrogens with zero attached hydrogens (tertiary/aromatic N) is 2. The first-order valence-electron chi connectivity index (χ1n) is 8.78. The first kappa shape index (κ1) is 22.5. The molecule has 0 spiro atoms. The molecule has 1 aromatic carbocycles. The van der Waals surface area contributed by atoms with Gasteiger partial charge in [-0.3, -0.25) is 15.2 Å². The van der Waals surface area contributed by atoms with Crippen LogP contribution in [0.15, 0.2) is 29.3 Å². The number of nitrogens with one attached hydrogen (secondary N) is 3. The third-order valence-electron chi connectivity index (χ3n) is 4.48. The molecular weight excluding hydrogens is 445 g/mol. The molecule has 1 aliphatic heterocycles. The highest BCUT2D eigenvalue weighted by Gasteiger charge is 2.22. The number of methoxy groups -OCH3 is 1. The number of hydrogen-bond acceptors (Lipinski definition) is 4. The van der Waals surface area contributed by atoms with Gasteiger partial charge in [-0.2, -0.15) is 0 Å². The molecule has 0 aromatic heterocycles. The molecule has 1 amide bonds. The summed E-state index contributed by atoms with van der Waals surface area (Å²) in [6.07, 6.45) is 2.05. The molecule has 1 aromatic rings. The largest absolute Gasteiger partial charge is 0.453 e. The molecule has 3 N–H and O–H groups in total. The minimum absolute atomic E-state index is 0. The Morgan fingerprint density at radius 2 is 2.04 bits per heavy atom. The van der Waals surface area contributed by atoms with E-state index in [1.54, 1.807) is 7.05 Å². The second kappa shape index (κ2) is 11.9. The van der Waals surface area contributed by atoms with Crippen LogP contribution in [0, 0.1) is 0 Å². The summed E-state index contributed by atoms with van der Waals surface area (Å²) in [4.78, 5) is 18.0. The Balaban J connectivity index is 0.00000338. The number of ether oxygens (including phenoxy) is 1. The van der Waals surface area contributed by atoms with Gasteiger partial charge in [-0.1, -0.05) is 19.1 Å². The third kappa shape index (κ3) is 6.99. The van der Waals surface area contributed by atoms with E-state index < -0.39 is 6.09 Å². The van der Waals surface area contributed by atoms with E-state index in [4.69, 9.17) is 0 Å². The number of guanidine groups is 1. The molecule has 0 radical (unpaired) electrons. The Morgan fingerprint density at radius 1 is 1.31 bits per heavy atom. The number of hydrogen-bond donors (Lipinski definition) is 3. The highest BCUT2D eigenvalue weighted by Crippen LogP contribution is 2.15. The molecule has 1 aliphatic rings. The molecule has 1 heterocycles. The van der Waals surface area contributed by atoms with E-state index in [2.05, 4.69) is 37.5 Å². The van der Waals surface area contributed by atoms with E-state index in [9.17, 15) is 4.79 Å². The number of amides is 1. The monoisotopic (exact) mass is 475 g/mol. The number of halogens is 1. The fourth-order valence-corrected chi connectivity index (χ4v) is 3.04. The lowest BCUT2D eigenvalue weighted by atomic mass is 10.2. The number of carbonyl (C=O) groups excluding carboxylic acids is 1. The summed E-state index contributed by atoms with van der Waals surface area (Å²) in [5.74, 6) is 0.805. The van der Waals surface area contributed by atoms with Crippen molar-refractivity contribution >= 4 is 41.7 Å². The highest BCUT2D eigenvalue weighted by atomic mass is 127. The quantitative estimate of drug-likeness (QED) is 0.335. The van der Waals surface area contributed by atoms with Crippen molar-refractivity contribution in [2.45, 2.75) is 32.4 Å². The van der Waals surface area contributed by atoms with E-state index in [1.807, 2.05) is 24.3 Å². The molecule has 146 valence electrons. The van der Waals surface area contributed by atoms with Gasteiger partial charge in [0.1, 0.15) is 0 Å². The van der Waals surface area contributed by atoms with Gasteiger partial charge in [-0.05, 0) is 43.6 Å². The lowest BCUT2D eigenvalue weighted by Gasteiger charge is -2.24. The van der Waals surface area contributed by atoms with Crippen LogP contribution in [0.2, 0.25) is 0 Å². The maximum Gasteiger partial charge on any atom is 0.411 e. The fraction of sp³-hybridized carbons (Fsp3) is 0.556. The minimum atomic E-state index is -0.469. The van der Waals surface area contributed by atoms with E-state index in [1.165, 1.54) is 26.5 Å². The Bertz CT molecular complexity index is 579. The SMILES string of the molecule is CCN1CCCC1CNC(=NC)NCc1ccc(NC(=O)OC)cc1.I. The summed E-state index contributed by atoms with van der Waals surface area (Å²) in [7, 11) is 3.13. The summed E-state index contributed by atoms with van der Waals surface area (Å²) in [6, 6.07) is 8.21. The molecule has 1 atom stereocenters. The second-order valence-electron chi connectivity index (χ2n) is 6.04. The van der Waals surface area contributed by atoms with E-state index >= 15 is 0 Å². The zero-order chi connectivity index (χ0) is 18.1. The maximum absolute atomic E-state index is 11.2. The lowest BCUT2D eigenvalue weighted by Crippen LogP contribution is -2.44. The summed E-state index contributed by atoms with van der Waals surface area (Å²) >= 11 is 0. The Kier molecular flexibility index (Phi) is 10.3. The number of likely N-dealkylation sites (N-methyl/N-ethyl adjacent to an activating group) is 1. The average Bonchev–Trinajstić information content (AvgIpc) is 3.10. The molecule has 7 nitrogen and oxygen atoms in total. The van der Waals surface area contributed by atoms with Gasteiger partial charge >= 0.3 is 6.09 Å². The van der Waals surface area contributed by atoms with Crippen molar-refractivity contribution in [3.8, 4) is 0 Å². The normalized spacial score (nSPS) is 17.3. The van der Waals surface area contributed by atoms with Gasteiger partial charge in [0.15, 0.2) is 5.96 Å². The van der Waals surface area contributed by atoms with Gasteiger partial charge in [-0.25, -0.2) is 4.79 Å². The third-order valence-corrected chi connectivity index (χ3v) is 4.48. The van der Waals surface area contributed by atoms with Crippen LogP contribution in [0.5, 0.6) is 0 Å². The van der Waals surface area contributed by atoms with Gasteiger partial charge in [-0.15, -0.1) is 24.0 Å². The number of aliphatic imine (C=N–C) groups is 1. The van der Waals surface area contributed by atoms with Crippen LogP contribution in [0.3, 0.4) is 0 Å². The topological polar surface area (TPSA) is 78.0 Å². The van der Waals surface area contributed by atoms with Gasteiger partial charge in [0.25, 0.3) is 0 Å². The van der Waals surface area contributed by atoms with Gasteiger partial charge in [0.2, 0.25) is 0 Å². The molecule has 2 rings (SSSR count). The zero-order valence-electron chi connectivity index (χ0n) is 15.7. The zero-order valence-corrected chi connectivity index (χ0v) is 18.1. The smallest absolute Gasteiger partial charge is 0.411 e. The predicted molar refractivity (Wildman–Crippen MR) is 116 cm³/mol. The van der Waals surface area contributed by atoms with Crippen LogP contribution in [-0.4, -0.2) is 56.8 Å². The van der Waals surface area contributed by atoms with Crippen LogP contribution >= 0.6 is 24.0 Å². The van der Waals surface area contributed by atoms with Crippen LogP contribution in [0.4, 0.5) is 10.5 Å². The average molecular weight is 475 g/mol. The maximum atomic E-state index is 11.2. The van der Waals surface area contributed by atoms with Crippen molar-refractivity contribution in [3.05, 3.63) is 29.8 Å². The van der Waals surface area contributed by atoms with Crippen molar-refractivity contribution in [3.63, 3.8) is 0 Å². The first-order valence-corrected chi connectivity index (χ1v) is 8.78. The van der Waals surface area contributed by atoms with Crippen LogP contribution in [-0.2, 0) is 11.3 Å². The molecule has 1 fully saturated rings. The van der Waals surface area contributed by atoms with Crippen molar-refractivity contribution in [1.29, 1.82) is 0 Å². The van der Waals surface area contributed by atoms with Crippen molar-refractivity contribution in [2.24, 2.45) is 4.99 Å². The number of rotatable bonds is 6. The Morgan fingerprint density at radius 3 is 2.65 bits per heavy atom. The molecule has 26 heavy (non-hydrogen) atoms. The van der Waals surface area contributed by atoms with Gasteiger partial charge < -0.3 is 15.4 Å². The number of likely N-dealkylation sites (tertiary alicyclic amines) is 1. The highest BCUT2D eigenvalue weighted by molar-refractivity contribution is 14.0. The molecule has 1 unspecified atom stereocenters. The predicted octanol–water partition coefficient (Wildman–Crippen LogP) is 2.63. The number of benzene rings is 1. The fourth-order valence-electron chi connectivity index (χ4n) is 3.04. The van der Waals surface area contributed by atoms with E-state index in [-0.39, 0.29) is 24.0 Å². The standard InChI is InChI=1S/C18H29N5O2.HI/c1-4-23-11-5-6-16(23)13-21-17(19-2)20-12-14-7-9-15(10-8-14)22-18(24)25-3;/h7-10,16H,4-6,11-13H2,1-3H3,(H,22,24)(H2,19,20,21);1H. The summed E-state index contributed by atoms with van der Waals surface area (Å²) in [5.41, 5.74) is 1.81. The van der Waals surface area contributed by atoms with Crippen LogP contribution in [0.25, 0.3) is 0 Å². The number of anilines is 1. The van der Waals surface area contributed by atoms with E-state index in [0.29, 0.717) is 18.3 Å². The summed E-state index contributed by atoms with van der Waals surface area (Å²) in [5, 5.41) is 9.37. The van der Waals surface area contributed by atoms with Crippen LogP contribution in [0.1, 0.15) is 25.3 Å². The molecule has 0 saturated carbocycles. The molecular formula is C18H30IN5O2. The summed E-state index contributed by atoms with van der Waals surface area (Å²) < 4.78 is 4.57. The van der Waals surface area contributed by atoms with Crippen molar-refractivity contribution in [2.75, 3.05) is 39.1 Å². The molecule has 1 saturated heterocycles. The molecule has 0 aliphatic carbocycles. The van der Waals surface area contributed by atoms with Gasteiger partial charge in [0, 0.05) is 31.9 Å². The molecule has 8 heteroatoms. The summed E-state index contributed by atoms with van der Waals surface area (Å²) in [6.45, 7) is 6.09. The Hall–Kier alpha value is -1.55. The first-order chi connectivity index (χ1) is 12.2.